The molecular formula is C15H23F3N2O. The predicted molar refractivity (Wildman–Crippen MR) is 74.9 cm³/mol. The number of nitrogens with zero attached hydrogens (tertiary/aromatic N) is 1. The van der Waals surface area contributed by atoms with E-state index in [0.29, 0.717) is 31.3 Å². The van der Waals surface area contributed by atoms with Crippen LogP contribution < -0.4 is 5.32 Å². The van der Waals surface area contributed by atoms with Crippen LogP contribution in [-0.4, -0.2) is 30.2 Å². The third-order valence-electron chi connectivity index (χ3n) is 3.52. The van der Waals surface area contributed by atoms with Crippen molar-refractivity contribution in [1.82, 2.24) is 10.2 Å². The summed E-state index contributed by atoms with van der Waals surface area (Å²) in [5, 5.41) is 3.36. The van der Waals surface area contributed by atoms with Crippen LogP contribution in [-0.2, 0) is 13.1 Å². The lowest BCUT2D eigenvalue weighted by Crippen LogP contribution is -2.34. The highest BCUT2D eigenvalue weighted by Crippen LogP contribution is 2.23. The van der Waals surface area contributed by atoms with E-state index in [1.807, 2.05) is 19.9 Å². The van der Waals surface area contributed by atoms with Crippen LogP contribution in [0.25, 0.3) is 0 Å². The van der Waals surface area contributed by atoms with Crippen LogP contribution in [0.3, 0.4) is 0 Å². The van der Waals surface area contributed by atoms with Crippen molar-refractivity contribution in [1.29, 1.82) is 0 Å². The van der Waals surface area contributed by atoms with Gasteiger partial charge in [-0.25, -0.2) is 0 Å². The van der Waals surface area contributed by atoms with Crippen LogP contribution in [0.1, 0.15) is 43.3 Å². The highest BCUT2D eigenvalue weighted by Gasteiger charge is 2.30. The molecule has 21 heavy (non-hydrogen) atoms. The van der Waals surface area contributed by atoms with Gasteiger partial charge < -0.3 is 9.73 Å². The normalized spacial score (nSPS) is 15.9. The van der Waals surface area contributed by atoms with Gasteiger partial charge in [0.25, 0.3) is 0 Å². The summed E-state index contributed by atoms with van der Waals surface area (Å²) in [5.74, 6) is 1.44. The first kappa shape index (κ1) is 16.4. The van der Waals surface area contributed by atoms with Crippen LogP contribution in [0.4, 0.5) is 13.2 Å². The molecule has 1 heterocycles. The summed E-state index contributed by atoms with van der Waals surface area (Å²) < 4.78 is 43.4. The minimum Gasteiger partial charge on any atom is -0.463 e. The molecule has 0 atom stereocenters. The molecule has 0 bridgehead atoms. The minimum atomic E-state index is -4.17. The number of hydrogen-bond donors (Lipinski definition) is 1. The molecule has 6 heteroatoms. The van der Waals surface area contributed by atoms with Gasteiger partial charge in [0.1, 0.15) is 11.5 Å². The van der Waals surface area contributed by atoms with Crippen molar-refractivity contribution in [2.45, 2.75) is 58.4 Å². The Hall–Kier alpha value is -1.01. The van der Waals surface area contributed by atoms with Gasteiger partial charge in [-0.15, -0.1) is 0 Å². The van der Waals surface area contributed by atoms with Crippen LogP contribution in [0.5, 0.6) is 0 Å². The Morgan fingerprint density at radius 1 is 1.38 bits per heavy atom. The number of hydrogen-bond acceptors (Lipinski definition) is 3. The molecule has 120 valence electrons. The maximum Gasteiger partial charge on any atom is 0.401 e. The van der Waals surface area contributed by atoms with E-state index in [2.05, 4.69) is 5.32 Å². The second kappa shape index (κ2) is 6.83. The van der Waals surface area contributed by atoms with E-state index in [0.717, 1.165) is 11.3 Å². The maximum absolute atomic E-state index is 12.6. The lowest BCUT2D eigenvalue weighted by molar-refractivity contribution is -0.147. The van der Waals surface area contributed by atoms with Crippen molar-refractivity contribution < 1.29 is 17.6 Å². The standard InChI is InChI=1S/C15H23F3N2O/c1-3-6-20(10-15(16,17)18)9-13-7-11(2)14(21-13)8-19-12-4-5-12/h7,12,19H,3-6,8-10H2,1-2H3. The fourth-order valence-electron chi connectivity index (χ4n) is 2.37. The number of halogens is 3. The number of furan rings is 1. The molecule has 0 aromatic carbocycles. The first-order valence-electron chi connectivity index (χ1n) is 7.48. The van der Waals surface area contributed by atoms with Gasteiger partial charge in [-0.2, -0.15) is 13.2 Å². The van der Waals surface area contributed by atoms with Gasteiger partial charge in [0.15, 0.2) is 0 Å². The first-order chi connectivity index (χ1) is 9.87. The van der Waals surface area contributed by atoms with Crippen LogP contribution in [0.2, 0.25) is 0 Å². The first-order valence-corrected chi connectivity index (χ1v) is 7.48. The Kier molecular flexibility index (Phi) is 5.32. The fraction of sp³-hybridized carbons (Fsp3) is 0.733. The summed E-state index contributed by atoms with van der Waals surface area (Å²) in [7, 11) is 0. The minimum absolute atomic E-state index is 0.206. The second-order valence-electron chi connectivity index (χ2n) is 5.80. The monoisotopic (exact) mass is 304 g/mol. The summed E-state index contributed by atoms with van der Waals surface area (Å²) in [6, 6.07) is 2.43. The summed E-state index contributed by atoms with van der Waals surface area (Å²) >= 11 is 0. The Morgan fingerprint density at radius 2 is 2.10 bits per heavy atom. The number of aryl methyl sites for hydroxylation is 1. The van der Waals surface area contributed by atoms with Crippen molar-refractivity contribution in [2.24, 2.45) is 0 Å². The van der Waals surface area contributed by atoms with E-state index in [9.17, 15) is 13.2 Å². The number of rotatable bonds is 8. The molecular weight excluding hydrogens is 281 g/mol. The quantitative estimate of drug-likeness (QED) is 0.795. The highest BCUT2D eigenvalue weighted by molar-refractivity contribution is 5.20. The molecule has 0 amide bonds. The molecule has 1 aromatic rings. The van der Waals surface area contributed by atoms with E-state index in [1.54, 1.807) is 0 Å². The van der Waals surface area contributed by atoms with Crippen molar-refractivity contribution in [2.75, 3.05) is 13.1 Å². The smallest absolute Gasteiger partial charge is 0.401 e. The van der Waals surface area contributed by atoms with Gasteiger partial charge in [0, 0.05) is 6.04 Å². The average molecular weight is 304 g/mol. The molecule has 0 aliphatic heterocycles. The maximum atomic E-state index is 12.6. The van der Waals surface area contributed by atoms with Gasteiger partial charge in [-0.3, -0.25) is 4.90 Å². The Labute approximate surface area is 123 Å². The van der Waals surface area contributed by atoms with Gasteiger partial charge in [0.2, 0.25) is 0 Å². The second-order valence-corrected chi connectivity index (χ2v) is 5.80. The van der Waals surface area contributed by atoms with Gasteiger partial charge in [0.05, 0.1) is 19.6 Å². The highest BCUT2D eigenvalue weighted by atomic mass is 19.4. The van der Waals surface area contributed by atoms with Crippen molar-refractivity contribution in [3.05, 3.63) is 23.2 Å². The molecule has 1 aliphatic carbocycles. The molecule has 2 rings (SSSR count). The Bertz CT molecular complexity index is 452. The summed E-state index contributed by atoms with van der Waals surface area (Å²) in [4.78, 5) is 1.39. The SMILES string of the molecule is CCCN(Cc1cc(C)c(CNC2CC2)o1)CC(F)(F)F. The van der Waals surface area contributed by atoms with E-state index in [-0.39, 0.29) is 6.54 Å². The van der Waals surface area contributed by atoms with E-state index >= 15 is 0 Å². The molecule has 1 aromatic heterocycles. The van der Waals surface area contributed by atoms with Crippen molar-refractivity contribution in [3.63, 3.8) is 0 Å². The zero-order valence-corrected chi connectivity index (χ0v) is 12.6. The molecule has 0 radical (unpaired) electrons. The molecule has 0 spiro atoms. The molecule has 1 N–H and O–H groups in total. The average Bonchev–Trinajstić information content (AvgIpc) is 3.10. The third-order valence-corrected chi connectivity index (χ3v) is 3.52. The van der Waals surface area contributed by atoms with Gasteiger partial charge in [-0.1, -0.05) is 6.92 Å². The van der Waals surface area contributed by atoms with Crippen LogP contribution >= 0.6 is 0 Å². The molecule has 0 unspecified atom stereocenters. The number of nitrogens with one attached hydrogen (secondary N) is 1. The summed E-state index contributed by atoms with van der Waals surface area (Å²) in [6.45, 7) is 4.19. The molecule has 1 fully saturated rings. The molecule has 1 saturated carbocycles. The van der Waals surface area contributed by atoms with E-state index in [4.69, 9.17) is 4.42 Å². The van der Waals surface area contributed by atoms with Crippen LogP contribution in [0.15, 0.2) is 10.5 Å². The number of alkyl halides is 3. The van der Waals surface area contributed by atoms with E-state index < -0.39 is 12.7 Å². The van der Waals surface area contributed by atoms with Crippen molar-refractivity contribution in [3.8, 4) is 0 Å². The van der Waals surface area contributed by atoms with Gasteiger partial charge in [-0.05, 0) is 44.4 Å². The lowest BCUT2D eigenvalue weighted by Gasteiger charge is -2.21. The predicted octanol–water partition coefficient (Wildman–Crippen LogP) is 3.61. The zero-order chi connectivity index (χ0) is 15.5. The molecule has 1 aliphatic rings. The Balaban J connectivity index is 1.93. The largest absolute Gasteiger partial charge is 0.463 e. The zero-order valence-electron chi connectivity index (χ0n) is 12.6. The van der Waals surface area contributed by atoms with Gasteiger partial charge >= 0.3 is 6.18 Å². The molecule has 3 nitrogen and oxygen atoms in total. The van der Waals surface area contributed by atoms with Crippen molar-refractivity contribution >= 4 is 0 Å². The fourth-order valence-corrected chi connectivity index (χ4v) is 2.37. The summed E-state index contributed by atoms with van der Waals surface area (Å²) in [5.41, 5.74) is 1.00. The van der Waals surface area contributed by atoms with Crippen LogP contribution in [0, 0.1) is 6.92 Å². The Morgan fingerprint density at radius 3 is 2.67 bits per heavy atom. The van der Waals surface area contributed by atoms with E-state index in [1.165, 1.54) is 17.7 Å². The topological polar surface area (TPSA) is 28.4 Å². The lowest BCUT2D eigenvalue weighted by atomic mass is 10.2. The third kappa shape index (κ3) is 5.71. The molecule has 0 saturated heterocycles. The summed E-state index contributed by atoms with van der Waals surface area (Å²) in [6.07, 6.45) is -1.09.